The Morgan fingerprint density at radius 3 is 2.68 bits per heavy atom. The third-order valence-electron chi connectivity index (χ3n) is 3.64. The number of rotatable bonds is 8. The van der Waals surface area contributed by atoms with Crippen molar-refractivity contribution >= 4 is 11.6 Å². The van der Waals surface area contributed by atoms with Gasteiger partial charge in [0.15, 0.2) is 0 Å². The third kappa shape index (κ3) is 4.09. The number of ether oxygens (including phenoxy) is 1. The minimum absolute atomic E-state index is 0.680. The van der Waals surface area contributed by atoms with Gasteiger partial charge in [0.25, 0.3) is 0 Å². The predicted octanol–water partition coefficient (Wildman–Crippen LogP) is 2.02. The lowest BCUT2D eigenvalue weighted by Crippen LogP contribution is -2.27. The molecule has 0 aliphatic heterocycles. The molecule has 2 heterocycles. The second-order valence-electron chi connectivity index (χ2n) is 5.42. The van der Waals surface area contributed by atoms with E-state index in [2.05, 4.69) is 22.0 Å². The van der Waals surface area contributed by atoms with Gasteiger partial charge in [-0.05, 0) is 6.42 Å². The fourth-order valence-corrected chi connectivity index (χ4v) is 2.72. The average Bonchev–Trinajstić information content (AvgIpc) is 3.02. The van der Waals surface area contributed by atoms with E-state index in [0.717, 1.165) is 37.3 Å². The summed E-state index contributed by atoms with van der Waals surface area (Å²) in [7, 11) is 5.53. The number of methoxy groups -OCH3 is 1. The van der Waals surface area contributed by atoms with Gasteiger partial charge in [0.05, 0.1) is 18.5 Å². The first kappa shape index (κ1) is 17.0. The van der Waals surface area contributed by atoms with E-state index in [0.29, 0.717) is 11.8 Å². The van der Waals surface area contributed by atoms with E-state index in [1.807, 2.05) is 31.2 Å². The zero-order valence-electron chi connectivity index (χ0n) is 13.7. The van der Waals surface area contributed by atoms with Crippen molar-refractivity contribution in [1.82, 2.24) is 24.5 Å². The number of hydrogen-bond donors (Lipinski definition) is 0. The van der Waals surface area contributed by atoms with E-state index in [-0.39, 0.29) is 0 Å². The molecular weight excluding hydrogens is 302 g/mol. The summed E-state index contributed by atoms with van der Waals surface area (Å²) in [5.41, 5.74) is 3.34. The second-order valence-corrected chi connectivity index (χ2v) is 5.78. The molecule has 2 aromatic heterocycles. The molecule has 22 heavy (non-hydrogen) atoms. The summed E-state index contributed by atoms with van der Waals surface area (Å²) in [4.78, 5) is 2.31. The maximum absolute atomic E-state index is 6.40. The van der Waals surface area contributed by atoms with Gasteiger partial charge < -0.3 is 4.74 Å². The number of aromatic nitrogens is 4. The van der Waals surface area contributed by atoms with Gasteiger partial charge in [0.2, 0.25) is 0 Å². The van der Waals surface area contributed by atoms with Crippen LogP contribution in [-0.4, -0.2) is 44.7 Å². The minimum atomic E-state index is 0.680. The second kappa shape index (κ2) is 7.76. The summed E-state index contributed by atoms with van der Waals surface area (Å²) < 4.78 is 8.79. The summed E-state index contributed by atoms with van der Waals surface area (Å²) in [5, 5.41) is 9.43. The van der Waals surface area contributed by atoms with Gasteiger partial charge in [-0.1, -0.05) is 18.5 Å². The molecule has 0 atom stereocenters. The first-order valence-electron chi connectivity index (χ1n) is 7.44. The van der Waals surface area contributed by atoms with Crippen LogP contribution >= 0.6 is 11.6 Å². The molecule has 0 radical (unpaired) electrons. The molecule has 0 aliphatic carbocycles. The van der Waals surface area contributed by atoms with Crippen LogP contribution in [0.15, 0.2) is 12.4 Å². The van der Waals surface area contributed by atoms with Crippen molar-refractivity contribution in [3.05, 3.63) is 34.4 Å². The minimum Gasteiger partial charge on any atom is -0.383 e. The smallest absolute Gasteiger partial charge is 0.131 e. The van der Waals surface area contributed by atoms with Gasteiger partial charge in [-0.3, -0.25) is 14.3 Å². The Bertz CT molecular complexity index is 607. The highest BCUT2D eigenvalue weighted by atomic mass is 35.5. The molecule has 122 valence electrons. The van der Waals surface area contributed by atoms with Crippen molar-refractivity contribution in [2.24, 2.45) is 14.1 Å². The lowest BCUT2D eigenvalue weighted by Gasteiger charge is -2.21. The fourth-order valence-electron chi connectivity index (χ4n) is 2.51. The van der Waals surface area contributed by atoms with Crippen LogP contribution in [0.1, 0.15) is 23.7 Å². The standard InChI is InChI=1S/C15H24ClN5O/c1-5-14-13(15(16)20(3)18-14)11-21(6-7-22-4)10-12-8-17-19(2)9-12/h8-9H,5-7,10-11H2,1-4H3. The first-order chi connectivity index (χ1) is 10.5. The molecule has 0 fully saturated rings. The fraction of sp³-hybridized carbons (Fsp3) is 0.600. The van der Waals surface area contributed by atoms with Gasteiger partial charge in [-0.25, -0.2) is 0 Å². The molecule has 6 nitrogen and oxygen atoms in total. The normalized spacial score (nSPS) is 11.5. The Hall–Kier alpha value is -1.37. The van der Waals surface area contributed by atoms with Crippen LogP contribution in [0, 0.1) is 0 Å². The highest BCUT2D eigenvalue weighted by Crippen LogP contribution is 2.22. The van der Waals surface area contributed by atoms with E-state index >= 15 is 0 Å². The molecular formula is C15H24ClN5O. The summed E-state index contributed by atoms with van der Waals surface area (Å²) in [6, 6.07) is 0. The molecule has 0 saturated heterocycles. The van der Waals surface area contributed by atoms with E-state index < -0.39 is 0 Å². The van der Waals surface area contributed by atoms with Crippen LogP contribution < -0.4 is 0 Å². The van der Waals surface area contributed by atoms with Gasteiger partial charge in [0.1, 0.15) is 5.15 Å². The molecule has 0 N–H and O–H groups in total. The molecule has 0 amide bonds. The van der Waals surface area contributed by atoms with Crippen molar-refractivity contribution in [3.63, 3.8) is 0 Å². The van der Waals surface area contributed by atoms with Crippen molar-refractivity contribution < 1.29 is 4.74 Å². The summed E-state index contributed by atoms with van der Waals surface area (Å²) >= 11 is 6.40. The SMILES string of the molecule is CCc1nn(C)c(Cl)c1CN(CCOC)Cc1cnn(C)c1. The molecule has 0 unspecified atom stereocenters. The first-order valence-corrected chi connectivity index (χ1v) is 7.82. The van der Waals surface area contributed by atoms with Gasteiger partial charge in [-0.15, -0.1) is 0 Å². The van der Waals surface area contributed by atoms with E-state index in [1.54, 1.807) is 11.8 Å². The Balaban J connectivity index is 2.15. The largest absolute Gasteiger partial charge is 0.383 e. The van der Waals surface area contributed by atoms with Crippen molar-refractivity contribution in [2.45, 2.75) is 26.4 Å². The molecule has 0 bridgehead atoms. The number of hydrogen-bond acceptors (Lipinski definition) is 4. The van der Waals surface area contributed by atoms with E-state index in [9.17, 15) is 0 Å². The highest BCUT2D eigenvalue weighted by molar-refractivity contribution is 6.30. The quantitative estimate of drug-likeness (QED) is 0.745. The maximum atomic E-state index is 6.40. The summed E-state index contributed by atoms with van der Waals surface area (Å²) in [6.07, 6.45) is 4.80. The zero-order valence-corrected chi connectivity index (χ0v) is 14.5. The maximum Gasteiger partial charge on any atom is 0.131 e. The van der Waals surface area contributed by atoms with Crippen molar-refractivity contribution in [2.75, 3.05) is 20.3 Å². The summed E-state index contributed by atoms with van der Waals surface area (Å²) in [5.74, 6) is 0. The molecule has 2 aromatic rings. The Morgan fingerprint density at radius 2 is 2.09 bits per heavy atom. The van der Waals surface area contributed by atoms with E-state index in [4.69, 9.17) is 16.3 Å². The van der Waals surface area contributed by atoms with Crippen LogP contribution in [0.3, 0.4) is 0 Å². The van der Waals surface area contributed by atoms with Crippen LogP contribution in [0.4, 0.5) is 0 Å². The van der Waals surface area contributed by atoms with Crippen LogP contribution in [0.25, 0.3) is 0 Å². The van der Waals surface area contributed by atoms with Crippen molar-refractivity contribution in [1.29, 1.82) is 0 Å². The molecule has 7 heteroatoms. The number of nitrogens with zero attached hydrogens (tertiary/aromatic N) is 5. The van der Waals surface area contributed by atoms with Crippen LogP contribution in [0.2, 0.25) is 5.15 Å². The lowest BCUT2D eigenvalue weighted by molar-refractivity contribution is 0.140. The molecule has 2 rings (SSSR count). The zero-order chi connectivity index (χ0) is 16.1. The monoisotopic (exact) mass is 325 g/mol. The number of halogens is 1. The topological polar surface area (TPSA) is 48.1 Å². The molecule has 0 saturated carbocycles. The Labute approximate surface area is 136 Å². The highest BCUT2D eigenvalue weighted by Gasteiger charge is 2.17. The van der Waals surface area contributed by atoms with Gasteiger partial charge >= 0.3 is 0 Å². The molecule has 0 spiro atoms. The van der Waals surface area contributed by atoms with Crippen molar-refractivity contribution in [3.8, 4) is 0 Å². The van der Waals surface area contributed by atoms with E-state index in [1.165, 1.54) is 5.56 Å². The van der Waals surface area contributed by atoms with Gasteiger partial charge in [-0.2, -0.15) is 10.2 Å². The van der Waals surface area contributed by atoms with Crippen LogP contribution in [0.5, 0.6) is 0 Å². The lowest BCUT2D eigenvalue weighted by atomic mass is 10.2. The Morgan fingerprint density at radius 1 is 1.32 bits per heavy atom. The van der Waals surface area contributed by atoms with Gasteiger partial charge in [0, 0.05) is 58.2 Å². The molecule has 0 aromatic carbocycles. The summed E-state index contributed by atoms with van der Waals surface area (Å²) in [6.45, 7) is 5.18. The predicted molar refractivity (Wildman–Crippen MR) is 86.8 cm³/mol. The molecule has 0 aliphatic rings. The number of aryl methyl sites for hydroxylation is 3. The average molecular weight is 326 g/mol. The van der Waals surface area contributed by atoms with Crippen LogP contribution in [-0.2, 0) is 38.3 Å². The third-order valence-corrected chi connectivity index (χ3v) is 4.12. The Kier molecular flexibility index (Phi) is 5.99.